The highest BCUT2D eigenvalue weighted by atomic mass is 16.5. The second-order valence-electron chi connectivity index (χ2n) is 4.77. The average Bonchev–Trinajstić information content (AvgIpc) is 2.38. The van der Waals surface area contributed by atoms with Gasteiger partial charge < -0.3 is 15.0 Å². The molecule has 0 aliphatic carbocycles. The quantitative estimate of drug-likeness (QED) is 0.798. The van der Waals surface area contributed by atoms with E-state index >= 15 is 0 Å². The fourth-order valence-corrected chi connectivity index (χ4v) is 1.88. The van der Waals surface area contributed by atoms with E-state index in [0.29, 0.717) is 13.0 Å². The highest BCUT2D eigenvalue weighted by molar-refractivity contribution is 5.83. The molecule has 0 saturated carbocycles. The Morgan fingerprint density at radius 3 is 2.60 bits per heavy atom. The normalized spacial score (nSPS) is 11.6. The van der Waals surface area contributed by atoms with Crippen LogP contribution in [0, 0.1) is 0 Å². The zero-order valence-corrected chi connectivity index (χ0v) is 12.5. The number of rotatable bonds is 6. The van der Waals surface area contributed by atoms with Crippen molar-refractivity contribution in [3.63, 3.8) is 0 Å². The molecule has 1 amide bonds. The van der Waals surface area contributed by atoms with Crippen molar-refractivity contribution in [2.45, 2.75) is 26.3 Å². The summed E-state index contributed by atoms with van der Waals surface area (Å²) in [6.45, 7) is 3.44. The molecule has 0 aliphatic rings. The fourth-order valence-electron chi connectivity index (χ4n) is 1.88. The third-order valence-electron chi connectivity index (χ3n) is 2.82. The minimum atomic E-state index is -0.648. The van der Waals surface area contributed by atoms with E-state index in [-0.39, 0.29) is 5.91 Å². The number of carbonyl (C=O) groups is 2. The molecule has 0 heterocycles. The fraction of sp³-hybridized carbons (Fsp3) is 0.467. The molecule has 1 aromatic carbocycles. The van der Waals surface area contributed by atoms with Gasteiger partial charge in [0.1, 0.15) is 6.04 Å². The van der Waals surface area contributed by atoms with E-state index in [2.05, 4.69) is 5.32 Å². The molecule has 0 saturated heterocycles. The topological polar surface area (TPSA) is 58.6 Å². The molecular formula is C15H22N2O3. The van der Waals surface area contributed by atoms with Crippen molar-refractivity contribution in [1.82, 2.24) is 5.32 Å². The van der Waals surface area contributed by atoms with Gasteiger partial charge in [-0.2, -0.15) is 0 Å². The summed E-state index contributed by atoms with van der Waals surface area (Å²) in [6, 6.07) is 7.20. The van der Waals surface area contributed by atoms with Crippen molar-refractivity contribution in [3.05, 3.63) is 29.8 Å². The number of hydrogen-bond donors (Lipinski definition) is 1. The second kappa shape index (κ2) is 7.53. The number of ether oxygens (including phenoxy) is 1. The second-order valence-corrected chi connectivity index (χ2v) is 4.77. The molecule has 1 N–H and O–H groups in total. The molecule has 1 aromatic rings. The molecule has 0 aromatic heterocycles. The molecule has 5 nitrogen and oxygen atoms in total. The van der Waals surface area contributed by atoms with Crippen molar-refractivity contribution in [2.24, 2.45) is 0 Å². The van der Waals surface area contributed by atoms with Crippen LogP contribution in [0.25, 0.3) is 0 Å². The van der Waals surface area contributed by atoms with Gasteiger partial charge in [0.2, 0.25) is 5.91 Å². The number of amides is 1. The summed E-state index contributed by atoms with van der Waals surface area (Å²) >= 11 is 0. The molecule has 20 heavy (non-hydrogen) atoms. The van der Waals surface area contributed by atoms with E-state index in [4.69, 9.17) is 4.74 Å². The first-order valence-corrected chi connectivity index (χ1v) is 6.64. The van der Waals surface area contributed by atoms with E-state index in [1.165, 1.54) is 6.92 Å². The molecular weight excluding hydrogens is 256 g/mol. The van der Waals surface area contributed by atoms with Gasteiger partial charge in [-0.25, -0.2) is 4.79 Å². The first-order chi connectivity index (χ1) is 9.43. The lowest BCUT2D eigenvalue weighted by atomic mass is 10.0. The molecule has 5 heteroatoms. The molecule has 1 unspecified atom stereocenters. The van der Waals surface area contributed by atoms with E-state index in [1.54, 1.807) is 6.92 Å². The maximum absolute atomic E-state index is 11.9. The van der Waals surface area contributed by atoms with Crippen molar-refractivity contribution >= 4 is 17.6 Å². The van der Waals surface area contributed by atoms with Gasteiger partial charge in [-0.05, 0) is 24.6 Å². The summed E-state index contributed by atoms with van der Waals surface area (Å²) in [7, 11) is 3.91. The van der Waals surface area contributed by atoms with Crippen LogP contribution in [0.5, 0.6) is 0 Å². The Hall–Kier alpha value is -2.04. The van der Waals surface area contributed by atoms with Crippen molar-refractivity contribution < 1.29 is 14.3 Å². The monoisotopic (exact) mass is 278 g/mol. The van der Waals surface area contributed by atoms with Crippen LogP contribution in [0.1, 0.15) is 19.4 Å². The Bertz CT molecular complexity index is 472. The van der Waals surface area contributed by atoms with E-state index in [1.807, 2.05) is 43.3 Å². The number of carbonyl (C=O) groups excluding carboxylic acids is 2. The summed E-state index contributed by atoms with van der Waals surface area (Å²) in [6.07, 6.45) is 0.417. The van der Waals surface area contributed by atoms with Gasteiger partial charge >= 0.3 is 5.97 Å². The lowest BCUT2D eigenvalue weighted by Gasteiger charge is -2.18. The molecule has 0 radical (unpaired) electrons. The predicted octanol–water partition coefficient (Wildman–Crippen LogP) is 1.36. The number of hydrogen-bond acceptors (Lipinski definition) is 4. The molecule has 110 valence electrons. The molecule has 1 rings (SSSR count). The third kappa shape index (κ3) is 4.91. The summed E-state index contributed by atoms with van der Waals surface area (Å²) in [5.74, 6) is -0.648. The smallest absolute Gasteiger partial charge is 0.328 e. The maximum Gasteiger partial charge on any atom is 0.328 e. The number of benzene rings is 1. The summed E-state index contributed by atoms with van der Waals surface area (Å²) < 4.78 is 4.99. The van der Waals surface area contributed by atoms with Crippen molar-refractivity contribution in [3.8, 4) is 0 Å². The highest BCUT2D eigenvalue weighted by Gasteiger charge is 2.21. The Kier molecular flexibility index (Phi) is 6.03. The minimum absolute atomic E-state index is 0.244. The predicted molar refractivity (Wildman–Crippen MR) is 78.7 cm³/mol. The van der Waals surface area contributed by atoms with Crippen molar-refractivity contribution in [2.75, 3.05) is 25.6 Å². The molecule has 0 bridgehead atoms. The van der Waals surface area contributed by atoms with Crippen LogP contribution in [0.15, 0.2) is 24.3 Å². The number of anilines is 1. The van der Waals surface area contributed by atoms with Gasteiger partial charge in [0.05, 0.1) is 6.61 Å². The lowest BCUT2D eigenvalue weighted by molar-refractivity contribution is -0.147. The zero-order chi connectivity index (χ0) is 15.1. The largest absolute Gasteiger partial charge is 0.464 e. The SMILES string of the molecule is CCOC(=O)C(Cc1cccc(N(C)C)c1)NC(C)=O. The summed E-state index contributed by atoms with van der Waals surface area (Å²) in [5, 5.41) is 2.63. The van der Waals surface area contributed by atoms with Crippen LogP contribution in [-0.2, 0) is 20.7 Å². The van der Waals surface area contributed by atoms with Crippen LogP contribution >= 0.6 is 0 Å². The standard InChI is InChI=1S/C15H22N2O3/c1-5-20-15(19)14(16-11(2)18)10-12-7-6-8-13(9-12)17(3)4/h6-9,14H,5,10H2,1-4H3,(H,16,18). The Morgan fingerprint density at radius 2 is 2.05 bits per heavy atom. The van der Waals surface area contributed by atoms with Gasteiger partial charge in [-0.15, -0.1) is 0 Å². The van der Waals surface area contributed by atoms with Gasteiger partial charge in [-0.1, -0.05) is 12.1 Å². The van der Waals surface area contributed by atoms with Crippen LogP contribution in [0.4, 0.5) is 5.69 Å². The molecule has 1 atom stereocenters. The summed E-state index contributed by atoms with van der Waals surface area (Å²) in [4.78, 5) is 25.0. The number of nitrogens with zero attached hydrogens (tertiary/aromatic N) is 1. The van der Waals surface area contributed by atoms with E-state index in [9.17, 15) is 9.59 Å². The van der Waals surface area contributed by atoms with E-state index < -0.39 is 12.0 Å². The third-order valence-corrected chi connectivity index (χ3v) is 2.82. The first-order valence-electron chi connectivity index (χ1n) is 6.64. The average molecular weight is 278 g/mol. The molecule has 0 fully saturated rings. The molecule has 0 spiro atoms. The van der Waals surface area contributed by atoms with E-state index in [0.717, 1.165) is 11.3 Å². The Morgan fingerprint density at radius 1 is 1.35 bits per heavy atom. The van der Waals surface area contributed by atoms with Gasteiger partial charge in [-0.3, -0.25) is 4.79 Å². The van der Waals surface area contributed by atoms with Crippen LogP contribution < -0.4 is 10.2 Å². The lowest BCUT2D eigenvalue weighted by Crippen LogP contribution is -2.42. The van der Waals surface area contributed by atoms with Crippen LogP contribution in [0.2, 0.25) is 0 Å². The first kappa shape index (κ1) is 16.0. The molecule has 0 aliphatic heterocycles. The Labute approximate surface area is 119 Å². The van der Waals surface area contributed by atoms with Gasteiger partial charge in [0.15, 0.2) is 0 Å². The van der Waals surface area contributed by atoms with Gasteiger partial charge in [0, 0.05) is 33.1 Å². The number of nitrogens with one attached hydrogen (secondary N) is 1. The van der Waals surface area contributed by atoms with Crippen molar-refractivity contribution in [1.29, 1.82) is 0 Å². The van der Waals surface area contributed by atoms with Crippen LogP contribution in [-0.4, -0.2) is 38.6 Å². The van der Waals surface area contributed by atoms with Crippen LogP contribution in [0.3, 0.4) is 0 Å². The highest BCUT2D eigenvalue weighted by Crippen LogP contribution is 2.15. The maximum atomic E-state index is 11.9. The minimum Gasteiger partial charge on any atom is -0.464 e. The summed E-state index contributed by atoms with van der Waals surface area (Å²) in [5.41, 5.74) is 2.02. The van der Waals surface area contributed by atoms with Gasteiger partial charge in [0.25, 0.3) is 0 Å². The number of esters is 1. The Balaban J connectivity index is 2.85. The zero-order valence-electron chi connectivity index (χ0n) is 12.5.